The van der Waals surface area contributed by atoms with Crippen molar-refractivity contribution in [2.45, 2.75) is 25.9 Å². The number of likely N-dealkylation sites (N-methyl/N-ethyl adjacent to an activating group) is 1. The quantitative estimate of drug-likeness (QED) is 0.912. The highest BCUT2D eigenvalue weighted by atomic mass is 35.5. The van der Waals surface area contributed by atoms with Gasteiger partial charge in [-0.15, -0.1) is 0 Å². The van der Waals surface area contributed by atoms with Gasteiger partial charge in [0.05, 0.1) is 11.7 Å². The fourth-order valence-electron chi connectivity index (χ4n) is 2.16. The summed E-state index contributed by atoms with van der Waals surface area (Å²) >= 11 is 6.08. The van der Waals surface area contributed by atoms with E-state index < -0.39 is 0 Å². The van der Waals surface area contributed by atoms with Crippen molar-refractivity contribution in [1.82, 2.24) is 15.1 Å². The molecule has 0 radical (unpaired) electrons. The zero-order chi connectivity index (χ0) is 13.8. The highest BCUT2D eigenvalue weighted by Crippen LogP contribution is 2.24. The van der Waals surface area contributed by atoms with Crippen molar-refractivity contribution in [2.75, 3.05) is 7.05 Å². The summed E-state index contributed by atoms with van der Waals surface area (Å²) in [6.07, 6.45) is 2.48. The van der Waals surface area contributed by atoms with E-state index >= 15 is 0 Å². The Labute approximate surface area is 117 Å². The Bertz CT molecular complexity index is 553. The minimum atomic E-state index is -0.312. The third kappa shape index (κ3) is 3.14. The van der Waals surface area contributed by atoms with Crippen LogP contribution >= 0.6 is 11.6 Å². The predicted octanol–water partition coefficient (Wildman–Crippen LogP) is 3.20. The topological polar surface area (TPSA) is 29.9 Å². The molecule has 5 heteroatoms. The van der Waals surface area contributed by atoms with Gasteiger partial charge in [-0.2, -0.15) is 5.10 Å². The van der Waals surface area contributed by atoms with Crippen LogP contribution in [0.2, 0.25) is 5.02 Å². The zero-order valence-corrected chi connectivity index (χ0v) is 11.8. The summed E-state index contributed by atoms with van der Waals surface area (Å²) in [7, 11) is 1.90. The third-order valence-corrected chi connectivity index (χ3v) is 3.55. The summed E-state index contributed by atoms with van der Waals surface area (Å²) in [5, 5.41) is 7.98. The highest BCUT2D eigenvalue weighted by Gasteiger charge is 2.16. The van der Waals surface area contributed by atoms with Gasteiger partial charge in [-0.3, -0.25) is 4.68 Å². The molecule has 1 atom stereocenters. The molecule has 0 bridgehead atoms. The second kappa shape index (κ2) is 6.17. The average Bonchev–Trinajstić information content (AvgIpc) is 2.86. The maximum Gasteiger partial charge on any atom is 0.124 e. The van der Waals surface area contributed by atoms with Crippen LogP contribution in [0.25, 0.3) is 0 Å². The van der Waals surface area contributed by atoms with Gasteiger partial charge in [0.25, 0.3) is 0 Å². The Kier molecular flexibility index (Phi) is 4.56. The van der Waals surface area contributed by atoms with E-state index in [1.54, 1.807) is 12.3 Å². The number of rotatable bonds is 5. The molecule has 1 heterocycles. The van der Waals surface area contributed by atoms with Crippen molar-refractivity contribution in [3.63, 3.8) is 0 Å². The van der Waals surface area contributed by atoms with Crippen LogP contribution in [-0.2, 0) is 13.0 Å². The Balaban J connectivity index is 2.24. The average molecular weight is 282 g/mol. The second-order valence-electron chi connectivity index (χ2n) is 4.35. The minimum absolute atomic E-state index is 0.102. The van der Waals surface area contributed by atoms with Gasteiger partial charge < -0.3 is 5.32 Å². The van der Waals surface area contributed by atoms with E-state index in [0.717, 1.165) is 17.8 Å². The maximum absolute atomic E-state index is 13.0. The van der Waals surface area contributed by atoms with Crippen LogP contribution in [0.1, 0.15) is 24.2 Å². The lowest BCUT2D eigenvalue weighted by Gasteiger charge is -2.18. The molecule has 1 unspecified atom stereocenters. The van der Waals surface area contributed by atoms with E-state index in [1.165, 1.54) is 12.1 Å². The molecule has 2 rings (SSSR count). The molecule has 0 aliphatic rings. The van der Waals surface area contributed by atoms with Crippen LogP contribution in [-0.4, -0.2) is 16.8 Å². The molecule has 1 N–H and O–H groups in total. The molecule has 1 aromatic heterocycles. The van der Waals surface area contributed by atoms with Gasteiger partial charge in [0.2, 0.25) is 0 Å². The number of hydrogen-bond acceptors (Lipinski definition) is 2. The molecular weight excluding hydrogens is 265 g/mol. The second-order valence-corrected chi connectivity index (χ2v) is 4.76. The summed E-state index contributed by atoms with van der Waals surface area (Å²) < 4.78 is 15.0. The van der Waals surface area contributed by atoms with Crippen LogP contribution in [0.15, 0.2) is 30.5 Å². The first kappa shape index (κ1) is 14.0. The van der Waals surface area contributed by atoms with E-state index in [9.17, 15) is 4.39 Å². The molecule has 19 heavy (non-hydrogen) atoms. The van der Waals surface area contributed by atoms with Crippen molar-refractivity contribution in [3.05, 3.63) is 52.6 Å². The largest absolute Gasteiger partial charge is 0.311 e. The molecule has 0 saturated carbocycles. The molecular formula is C14H17ClFN3. The number of benzene rings is 1. The first-order valence-electron chi connectivity index (χ1n) is 6.28. The summed E-state index contributed by atoms with van der Waals surface area (Å²) in [5.41, 5.74) is 2.02. The van der Waals surface area contributed by atoms with Crippen molar-refractivity contribution in [1.29, 1.82) is 0 Å². The number of aromatic nitrogens is 2. The van der Waals surface area contributed by atoms with Crippen LogP contribution < -0.4 is 5.32 Å². The van der Waals surface area contributed by atoms with E-state index in [0.29, 0.717) is 11.4 Å². The molecule has 3 nitrogen and oxygen atoms in total. The normalized spacial score (nSPS) is 12.6. The summed E-state index contributed by atoms with van der Waals surface area (Å²) in [6, 6.07) is 6.60. The Morgan fingerprint density at radius 3 is 2.84 bits per heavy atom. The number of nitrogens with one attached hydrogen (secondary N) is 1. The molecule has 0 amide bonds. The highest BCUT2D eigenvalue weighted by molar-refractivity contribution is 6.31. The van der Waals surface area contributed by atoms with Crippen molar-refractivity contribution in [3.8, 4) is 0 Å². The number of halogens is 2. The van der Waals surface area contributed by atoms with Crippen LogP contribution in [0.5, 0.6) is 0 Å². The Hall–Kier alpha value is -1.39. The van der Waals surface area contributed by atoms with Gasteiger partial charge in [0.15, 0.2) is 0 Å². The van der Waals surface area contributed by atoms with Gasteiger partial charge in [0, 0.05) is 17.8 Å². The molecule has 102 valence electrons. The lowest BCUT2D eigenvalue weighted by atomic mass is 10.0. The third-order valence-electron chi connectivity index (χ3n) is 3.19. The van der Waals surface area contributed by atoms with Gasteiger partial charge in [-0.1, -0.05) is 17.7 Å². The van der Waals surface area contributed by atoms with E-state index in [-0.39, 0.29) is 11.9 Å². The molecule has 0 fully saturated rings. The molecule has 0 spiro atoms. The van der Waals surface area contributed by atoms with Crippen molar-refractivity contribution >= 4 is 11.6 Å². The number of nitrogens with zero attached hydrogens (tertiary/aromatic N) is 2. The number of aryl methyl sites for hydroxylation is 1. The van der Waals surface area contributed by atoms with E-state index in [2.05, 4.69) is 10.4 Å². The summed E-state index contributed by atoms with van der Waals surface area (Å²) in [6.45, 7) is 2.87. The SMILES string of the molecule is CCn1nccc1C(Cc1ccc(F)cc1Cl)NC. The van der Waals surface area contributed by atoms with E-state index in [1.807, 2.05) is 24.7 Å². The van der Waals surface area contributed by atoms with Crippen LogP contribution in [0.4, 0.5) is 4.39 Å². The summed E-state index contributed by atoms with van der Waals surface area (Å²) in [4.78, 5) is 0. The van der Waals surface area contributed by atoms with Gasteiger partial charge in [-0.05, 0) is 44.2 Å². The molecule has 0 aliphatic carbocycles. The van der Waals surface area contributed by atoms with E-state index in [4.69, 9.17) is 11.6 Å². The smallest absolute Gasteiger partial charge is 0.124 e. The maximum atomic E-state index is 13.0. The number of hydrogen-bond donors (Lipinski definition) is 1. The Morgan fingerprint density at radius 1 is 1.42 bits per heavy atom. The fourth-order valence-corrected chi connectivity index (χ4v) is 2.41. The predicted molar refractivity (Wildman–Crippen MR) is 74.8 cm³/mol. The van der Waals surface area contributed by atoms with Gasteiger partial charge in [-0.25, -0.2) is 4.39 Å². The summed E-state index contributed by atoms with van der Waals surface area (Å²) in [5.74, 6) is -0.312. The minimum Gasteiger partial charge on any atom is -0.311 e. The lowest BCUT2D eigenvalue weighted by molar-refractivity contribution is 0.513. The monoisotopic (exact) mass is 281 g/mol. The first-order chi connectivity index (χ1) is 9.15. The zero-order valence-electron chi connectivity index (χ0n) is 11.0. The van der Waals surface area contributed by atoms with Gasteiger partial charge in [0.1, 0.15) is 5.82 Å². The van der Waals surface area contributed by atoms with Gasteiger partial charge >= 0.3 is 0 Å². The fraction of sp³-hybridized carbons (Fsp3) is 0.357. The molecule has 2 aromatic rings. The lowest BCUT2D eigenvalue weighted by Crippen LogP contribution is -2.22. The van der Waals surface area contributed by atoms with Crippen molar-refractivity contribution < 1.29 is 4.39 Å². The standard InChI is InChI=1S/C14H17ClFN3/c1-3-19-14(6-7-18-19)13(17-2)8-10-4-5-11(16)9-12(10)15/h4-7,9,13,17H,3,8H2,1-2H3. The molecule has 0 saturated heterocycles. The Morgan fingerprint density at radius 2 is 2.21 bits per heavy atom. The molecule has 0 aliphatic heterocycles. The first-order valence-corrected chi connectivity index (χ1v) is 6.66. The van der Waals surface area contributed by atoms with Crippen LogP contribution in [0.3, 0.4) is 0 Å². The van der Waals surface area contributed by atoms with Crippen molar-refractivity contribution in [2.24, 2.45) is 0 Å². The van der Waals surface area contributed by atoms with Crippen LogP contribution in [0, 0.1) is 5.82 Å². The molecule has 1 aromatic carbocycles.